The van der Waals surface area contributed by atoms with Gasteiger partial charge in [-0.15, -0.1) is 11.8 Å². The van der Waals surface area contributed by atoms with Crippen LogP contribution in [-0.4, -0.2) is 18.8 Å². The molecule has 0 radical (unpaired) electrons. The normalized spacial score (nSPS) is 10.6. The SMILES string of the molecule is CCCNCCCCSc1ccccc1Cl. The van der Waals surface area contributed by atoms with Crippen molar-refractivity contribution in [2.45, 2.75) is 31.1 Å². The van der Waals surface area contributed by atoms with Crippen molar-refractivity contribution in [1.82, 2.24) is 5.32 Å². The number of unbranched alkanes of at least 4 members (excludes halogenated alkanes) is 1. The molecule has 1 N–H and O–H groups in total. The summed E-state index contributed by atoms with van der Waals surface area (Å²) in [7, 11) is 0. The minimum absolute atomic E-state index is 0.872. The zero-order chi connectivity index (χ0) is 11.6. The van der Waals surface area contributed by atoms with Crippen LogP contribution in [0.25, 0.3) is 0 Å². The molecule has 16 heavy (non-hydrogen) atoms. The summed E-state index contributed by atoms with van der Waals surface area (Å²) in [5.74, 6) is 1.15. The van der Waals surface area contributed by atoms with E-state index in [1.807, 2.05) is 30.0 Å². The van der Waals surface area contributed by atoms with Crippen LogP contribution in [0, 0.1) is 0 Å². The Morgan fingerprint density at radius 1 is 1.19 bits per heavy atom. The molecule has 0 saturated carbocycles. The molecular weight excluding hydrogens is 238 g/mol. The summed E-state index contributed by atoms with van der Waals surface area (Å²) in [6.07, 6.45) is 3.71. The van der Waals surface area contributed by atoms with E-state index in [9.17, 15) is 0 Å². The summed E-state index contributed by atoms with van der Waals surface area (Å²) < 4.78 is 0. The third-order valence-electron chi connectivity index (χ3n) is 2.27. The Bertz CT molecular complexity index is 291. The van der Waals surface area contributed by atoms with Crippen LogP contribution in [0.5, 0.6) is 0 Å². The molecule has 0 aliphatic rings. The van der Waals surface area contributed by atoms with Crippen molar-refractivity contribution >= 4 is 23.4 Å². The fraction of sp³-hybridized carbons (Fsp3) is 0.538. The number of hydrogen-bond donors (Lipinski definition) is 1. The van der Waals surface area contributed by atoms with Gasteiger partial charge < -0.3 is 5.32 Å². The number of rotatable bonds is 8. The maximum absolute atomic E-state index is 6.07. The molecule has 0 atom stereocenters. The lowest BCUT2D eigenvalue weighted by atomic mass is 10.3. The summed E-state index contributed by atoms with van der Waals surface area (Å²) in [5, 5.41) is 4.28. The van der Waals surface area contributed by atoms with Crippen LogP contribution in [0.4, 0.5) is 0 Å². The highest BCUT2D eigenvalue weighted by Crippen LogP contribution is 2.26. The maximum Gasteiger partial charge on any atom is 0.0541 e. The van der Waals surface area contributed by atoms with Gasteiger partial charge in [0.05, 0.1) is 5.02 Å². The molecule has 0 heterocycles. The first-order valence-corrected chi connectivity index (χ1v) is 7.29. The van der Waals surface area contributed by atoms with Crippen molar-refractivity contribution in [1.29, 1.82) is 0 Å². The summed E-state index contributed by atoms with van der Waals surface area (Å²) in [4.78, 5) is 1.20. The topological polar surface area (TPSA) is 12.0 Å². The van der Waals surface area contributed by atoms with Gasteiger partial charge in [0, 0.05) is 4.90 Å². The molecule has 0 aliphatic heterocycles. The monoisotopic (exact) mass is 257 g/mol. The highest BCUT2D eigenvalue weighted by Gasteiger charge is 1.98. The van der Waals surface area contributed by atoms with E-state index in [0.717, 1.165) is 23.9 Å². The molecule has 90 valence electrons. The van der Waals surface area contributed by atoms with Crippen LogP contribution in [0.15, 0.2) is 29.2 Å². The Labute approximate surface area is 108 Å². The number of hydrogen-bond acceptors (Lipinski definition) is 2. The number of halogens is 1. The number of benzene rings is 1. The molecule has 1 nitrogen and oxygen atoms in total. The summed E-state index contributed by atoms with van der Waals surface area (Å²) in [5.41, 5.74) is 0. The molecule has 0 aliphatic carbocycles. The molecule has 0 amide bonds. The summed E-state index contributed by atoms with van der Waals surface area (Å²) in [6.45, 7) is 4.47. The molecule has 1 aromatic rings. The zero-order valence-corrected chi connectivity index (χ0v) is 11.4. The largest absolute Gasteiger partial charge is 0.317 e. The van der Waals surface area contributed by atoms with E-state index in [1.54, 1.807) is 0 Å². The predicted octanol–water partition coefficient (Wildman–Crippen LogP) is 4.21. The van der Waals surface area contributed by atoms with Crippen molar-refractivity contribution < 1.29 is 0 Å². The van der Waals surface area contributed by atoms with Gasteiger partial charge in [0.1, 0.15) is 0 Å². The Morgan fingerprint density at radius 3 is 2.75 bits per heavy atom. The van der Waals surface area contributed by atoms with Crippen LogP contribution in [0.2, 0.25) is 5.02 Å². The van der Waals surface area contributed by atoms with Crippen molar-refractivity contribution in [2.75, 3.05) is 18.8 Å². The Hall–Kier alpha value is -0.180. The average Bonchev–Trinajstić information content (AvgIpc) is 2.30. The van der Waals surface area contributed by atoms with Crippen LogP contribution in [0.1, 0.15) is 26.2 Å². The molecule has 0 saturated heterocycles. The van der Waals surface area contributed by atoms with E-state index >= 15 is 0 Å². The van der Waals surface area contributed by atoms with Crippen molar-refractivity contribution in [3.8, 4) is 0 Å². The van der Waals surface area contributed by atoms with Gasteiger partial charge in [-0.2, -0.15) is 0 Å². The molecular formula is C13H20ClNS. The maximum atomic E-state index is 6.07. The third-order valence-corrected chi connectivity index (χ3v) is 3.87. The van der Waals surface area contributed by atoms with Gasteiger partial charge in [0.25, 0.3) is 0 Å². The zero-order valence-electron chi connectivity index (χ0n) is 9.84. The second kappa shape index (κ2) is 8.91. The fourth-order valence-corrected chi connectivity index (χ4v) is 2.65. The lowest BCUT2D eigenvalue weighted by Crippen LogP contribution is -2.15. The molecule has 0 fully saturated rings. The van der Waals surface area contributed by atoms with E-state index in [-0.39, 0.29) is 0 Å². The average molecular weight is 258 g/mol. The van der Waals surface area contributed by atoms with E-state index in [2.05, 4.69) is 18.3 Å². The molecule has 0 spiro atoms. The number of nitrogens with one attached hydrogen (secondary N) is 1. The number of thioether (sulfide) groups is 1. The third kappa shape index (κ3) is 5.78. The molecule has 0 unspecified atom stereocenters. The van der Waals surface area contributed by atoms with Gasteiger partial charge in [0.15, 0.2) is 0 Å². The fourth-order valence-electron chi connectivity index (χ4n) is 1.40. The summed E-state index contributed by atoms with van der Waals surface area (Å²) >= 11 is 7.92. The second-order valence-corrected chi connectivity index (χ2v) is 5.28. The van der Waals surface area contributed by atoms with E-state index in [0.29, 0.717) is 0 Å². The minimum Gasteiger partial charge on any atom is -0.317 e. The van der Waals surface area contributed by atoms with Gasteiger partial charge in [-0.3, -0.25) is 0 Å². The molecule has 0 aromatic heterocycles. The predicted molar refractivity (Wildman–Crippen MR) is 74.6 cm³/mol. The highest BCUT2D eigenvalue weighted by atomic mass is 35.5. The summed E-state index contributed by atoms with van der Waals surface area (Å²) in [6, 6.07) is 8.05. The van der Waals surface area contributed by atoms with Gasteiger partial charge in [-0.25, -0.2) is 0 Å². The van der Waals surface area contributed by atoms with Gasteiger partial charge >= 0.3 is 0 Å². The quantitative estimate of drug-likeness (QED) is 0.553. The first-order valence-electron chi connectivity index (χ1n) is 5.92. The van der Waals surface area contributed by atoms with Crippen molar-refractivity contribution in [3.63, 3.8) is 0 Å². The Kier molecular flexibility index (Phi) is 7.73. The lowest BCUT2D eigenvalue weighted by molar-refractivity contribution is 0.635. The van der Waals surface area contributed by atoms with Crippen molar-refractivity contribution in [2.24, 2.45) is 0 Å². The van der Waals surface area contributed by atoms with E-state index in [4.69, 9.17) is 11.6 Å². The smallest absolute Gasteiger partial charge is 0.0541 e. The van der Waals surface area contributed by atoms with Gasteiger partial charge in [0.2, 0.25) is 0 Å². The molecule has 3 heteroatoms. The second-order valence-electron chi connectivity index (χ2n) is 3.74. The molecule has 1 aromatic carbocycles. The van der Waals surface area contributed by atoms with Crippen LogP contribution in [0.3, 0.4) is 0 Å². The molecule has 0 bridgehead atoms. The lowest BCUT2D eigenvalue weighted by Gasteiger charge is -2.04. The van der Waals surface area contributed by atoms with Crippen LogP contribution < -0.4 is 5.32 Å². The van der Waals surface area contributed by atoms with Crippen LogP contribution in [-0.2, 0) is 0 Å². The van der Waals surface area contributed by atoms with Crippen LogP contribution >= 0.6 is 23.4 Å². The first-order chi connectivity index (χ1) is 7.84. The van der Waals surface area contributed by atoms with Crippen molar-refractivity contribution in [3.05, 3.63) is 29.3 Å². The Morgan fingerprint density at radius 2 is 2.00 bits per heavy atom. The van der Waals surface area contributed by atoms with Gasteiger partial charge in [-0.05, 0) is 50.2 Å². The standard InChI is InChI=1S/C13H20ClNS/c1-2-9-15-10-5-6-11-16-13-8-4-3-7-12(13)14/h3-4,7-8,15H,2,5-6,9-11H2,1H3. The van der Waals surface area contributed by atoms with E-state index in [1.165, 1.54) is 24.2 Å². The minimum atomic E-state index is 0.872. The van der Waals surface area contributed by atoms with E-state index < -0.39 is 0 Å². The van der Waals surface area contributed by atoms with Gasteiger partial charge in [-0.1, -0.05) is 30.7 Å². The Balaban J connectivity index is 2.05. The highest BCUT2D eigenvalue weighted by molar-refractivity contribution is 7.99. The first kappa shape index (κ1) is 13.9. The molecule has 1 rings (SSSR count).